The molecule has 0 amide bonds. The number of aromatic nitrogens is 1. The Kier molecular flexibility index (Phi) is 7.57. The molecule has 0 unspecified atom stereocenters. The molecule has 2 N–H and O–H groups in total. The number of anilines is 1. The first-order chi connectivity index (χ1) is 11.7. The van der Waals surface area contributed by atoms with E-state index >= 15 is 0 Å². The number of hydrogen-bond acceptors (Lipinski definition) is 5. The van der Waals surface area contributed by atoms with Gasteiger partial charge in [-0.05, 0) is 17.7 Å². The molecule has 3 rings (SSSR count). The number of halogens is 2. The van der Waals surface area contributed by atoms with Crippen molar-refractivity contribution in [2.24, 2.45) is 10.7 Å². The molecule has 1 aromatic heterocycles. The third kappa shape index (κ3) is 5.11. The number of rotatable bonds is 4. The summed E-state index contributed by atoms with van der Waals surface area (Å²) in [4.78, 5) is 13.2. The highest BCUT2D eigenvalue weighted by molar-refractivity contribution is 14.0. The highest BCUT2D eigenvalue weighted by Gasteiger charge is 2.19. The van der Waals surface area contributed by atoms with E-state index in [-0.39, 0.29) is 24.0 Å². The topological polar surface area (TPSA) is 67.0 Å². The van der Waals surface area contributed by atoms with E-state index in [2.05, 4.69) is 19.8 Å². The van der Waals surface area contributed by atoms with Crippen molar-refractivity contribution in [3.63, 3.8) is 0 Å². The molecule has 1 aromatic carbocycles. The molecule has 1 fully saturated rings. The van der Waals surface area contributed by atoms with Crippen LogP contribution in [0, 0.1) is 0 Å². The summed E-state index contributed by atoms with van der Waals surface area (Å²) in [5.74, 6) is 1.23. The van der Waals surface area contributed by atoms with E-state index in [0.29, 0.717) is 23.3 Å². The van der Waals surface area contributed by atoms with Gasteiger partial charge in [0.05, 0.1) is 18.7 Å². The Bertz CT molecular complexity index is 705. The summed E-state index contributed by atoms with van der Waals surface area (Å²) in [6, 6.07) is 5.65. The van der Waals surface area contributed by atoms with Crippen LogP contribution in [0.15, 0.2) is 34.8 Å². The molecule has 0 aliphatic carbocycles. The van der Waals surface area contributed by atoms with E-state index in [9.17, 15) is 0 Å². The monoisotopic (exact) mass is 493 g/mol. The number of methoxy groups -OCH3 is 1. The van der Waals surface area contributed by atoms with Crippen molar-refractivity contribution in [3.05, 3.63) is 40.4 Å². The van der Waals surface area contributed by atoms with Gasteiger partial charge in [-0.3, -0.25) is 0 Å². The summed E-state index contributed by atoms with van der Waals surface area (Å²) in [6.07, 6.45) is 1.84. The lowest BCUT2D eigenvalue weighted by atomic mass is 10.2. The zero-order chi connectivity index (χ0) is 16.9. The number of aliphatic imine (C=N–C) groups is 1. The van der Waals surface area contributed by atoms with Crippen molar-refractivity contribution >= 4 is 58.0 Å². The van der Waals surface area contributed by atoms with Gasteiger partial charge in [0.25, 0.3) is 0 Å². The maximum atomic E-state index is 6.14. The lowest BCUT2D eigenvalue weighted by Gasteiger charge is -2.35. The summed E-state index contributed by atoms with van der Waals surface area (Å²) in [5.41, 5.74) is 7.15. The summed E-state index contributed by atoms with van der Waals surface area (Å²) in [7, 11) is 1.60. The summed E-state index contributed by atoms with van der Waals surface area (Å²) in [6.45, 7) is 4.00. The van der Waals surface area contributed by atoms with Gasteiger partial charge in [0.2, 0.25) is 0 Å². The van der Waals surface area contributed by atoms with Crippen LogP contribution in [0.1, 0.15) is 5.56 Å². The van der Waals surface area contributed by atoms with Gasteiger partial charge in [-0.15, -0.1) is 35.3 Å². The Morgan fingerprint density at radius 3 is 2.72 bits per heavy atom. The lowest BCUT2D eigenvalue weighted by Crippen LogP contribution is -2.51. The Labute approximate surface area is 173 Å². The van der Waals surface area contributed by atoms with E-state index in [1.165, 1.54) is 0 Å². The van der Waals surface area contributed by atoms with E-state index in [0.717, 1.165) is 36.9 Å². The highest BCUT2D eigenvalue weighted by Crippen LogP contribution is 2.25. The molecule has 136 valence electrons. The first-order valence-electron chi connectivity index (χ1n) is 7.69. The first kappa shape index (κ1) is 20.1. The van der Waals surface area contributed by atoms with Crippen LogP contribution in [0.25, 0.3) is 0 Å². The average molecular weight is 494 g/mol. The number of guanidine groups is 1. The number of ether oxygens (including phenoxy) is 1. The fourth-order valence-electron chi connectivity index (χ4n) is 2.58. The van der Waals surface area contributed by atoms with Crippen molar-refractivity contribution in [1.29, 1.82) is 0 Å². The second kappa shape index (κ2) is 9.44. The minimum absolute atomic E-state index is 0. The molecule has 0 radical (unpaired) electrons. The van der Waals surface area contributed by atoms with Crippen molar-refractivity contribution < 1.29 is 4.74 Å². The van der Waals surface area contributed by atoms with Crippen molar-refractivity contribution in [2.45, 2.75) is 6.54 Å². The molecule has 0 saturated carbocycles. The minimum atomic E-state index is 0. The van der Waals surface area contributed by atoms with Gasteiger partial charge in [0, 0.05) is 37.8 Å². The zero-order valence-electron chi connectivity index (χ0n) is 13.9. The quantitative estimate of drug-likeness (QED) is 0.403. The number of thiazole rings is 1. The minimum Gasteiger partial charge on any atom is -0.495 e. The predicted octanol–water partition coefficient (Wildman–Crippen LogP) is 3.06. The lowest BCUT2D eigenvalue weighted by molar-refractivity contribution is 0.380. The number of nitrogens with two attached hydrogens (primary N) is 1. The van der Waals surface area contributed by atoms with Gasteiger partial charge in [-0.2, -0.15) is 0 Å². The molecule has 25 heavy (non-hydrogen) atoms. The van der Waals surface area contributed by atoms with Gasteiger partial charge in [0.15, 0.2) is 11.1 Å². The maximum absolute atomic E-state index is 6.14. The van der Waals surface area contributed by atoms with Crippen LogP contribution in [0.5, 0.6) is 5.75 Å². The van der Waals surface area contributed by atoms with Crippen molar-refractivity contribution in [1.82, 2.24) is 9.88 Å². The third-order valence-corrected chi connectivity index (χ3v) is 5.06. The van der Waals surface area contributed by atoms with Gasteiger partial charge in [-0.25, -0.2) is 9.98 Å². The van der Waals surface area contributed by atoms with Gasteiger partial charge < -0.3 is 20.3 Å². The molecule has 9 heteroatoms. The van der Waals surface area contributed by atoms with Crippen LogP contribution in [0.4, 0.5) is 5.13 Å². The molecule has 0 spiro atoms. The molecule has 0 atom stereocenters. The van der Waals surface area contributed by atoms with Crippen LogP contribution in [-0.4, -0.2) is 49.1 Å². The average Bonchev–Trinajstić information content (AvgIpc) is 3.14. The molecule has 2 aromatic rings. The largest absolute Gasteiger partial charge is 0.495 e. The van der Waals surface area contributed by atoms with Crippen LogP contribution in [0.3, 0.4) is 0 Å². The Morgan fingerprint density at radius 1 is 1.36 bits per heavy atom. The van der Waals surface area contributed by atoms with E-state index in [4.69, 9.17) is 22.1 Å². The van der Waals surface area contributed by atoms with E-state index < -0.39 is 0 Å². The van der Waals surface area contributed by atoms with E-state index in [1.807, 2.05) is 29.8 Å². The fraction of sp³-hybridized carbons (Fsp3) is 0.375. The molecule has 1 saturated heterocycles. The second-order valence-electron chi connectivity index (χ2n) is 5.43. The zero-order valence-corrected chi connectivity index (χ0v) is 17.8. The van der Waals surface area contributed by atoms with Crippen LogP contribution in [-0.2, 0) is 6.54 Å². The predicted molar refractivity (Wildman–Crippen MR) is 115 cm³/mol. The number of benzene rings is 1. The van der Waals surface area contributed by atoms with Crippen molar-refractivity contribution in [2.75, 3.05) is 38.2 Å². The van der Waals surface area contributed by atoms with Gasteiger partial charge in [-0.1, -0.05) is 17.7 Å². The maximum Gasteiger partial charge on any atom is 0.191 e. The smallest absolute Gasteiger partial charge is 0.191 e. The van der Waals surface area contributed by atoms with E-state index in [1.54, 1.807) is 18.4 Å². The Morgan fingerprint density at radius 2 is 2.12 bits per heavy atom. The normalized spacial score (nSPS) is 15.0. The summed E-state index contributed by atoms with van der Waals surface area (Å²) < 4.78 is 5.15. The SMILES string of the molecule is COc1ccc(CN=C(N)N2CCN(c3nccs3)CC2)cc1Cl.I. The number of hydrogen-bond donors (Lipinski definition) is 1. The molecule has 6 nitrogen and oxygen atoms in total. The Hall–Kier alpha value is -1.26. The van der Waals surface area contributed by atoms with Crippen molar-refractivity contribution in [3.8, 4) is 5.75 Å². The third-order valence-electron chi connectivity index (χ3n) is 3.93. The molecule has 1 aliphatic heterocycles. The van der Waals surface area contributed by atoms with Gasteiger partial charge in [0.1, 0.15) is 5.75 Å². The molecule has 0 bridgehead atoms. The van der Waals surface area contributed by atoms with Crippen LogP contribution >= 0.6 is 46.9 Å². The highest BCUT2D eigenvalue weighted by atomic mass is 127. The van der Waals surface area contributed by atoms with Gasteiger partial charge >= 0.3 is 0 Å². The number of piperazine rings is 1. The molecule has 2 heterocycles. The molecular formula is C16H21ClIN5OS. The summed E-state index contributed by atoms with van der Waals surface area (Å²) in [5, 5.41) is 3.65. The molecule has 1 aliphatic rings. The Balaban J connectivity index is 0.00000225. The second-order valence-corrected chi connectivity index (χ2v) is 6.71. The first-order valence-corrected chi connectivity index (χ1v) is 8.95. The number of nitrogens with zero attached hydrogens (tertiary/aromatic N) is 4. The summed E-state index contributed by atoms with van der Waals surface area (Å²) >= 11 is 7.80. The van der Waals surface area contributed by atoms with Crippen LogP contribution < -0.4 is 15.4 Å². The fourth-order valence-corrected chi connectivity index (χ4v) is 3.56. The standard InChI is InChI=1S/C16H20ClN5OS.HI/c1-23-14-3-2-12(10-13(14)17)11-20-15(18)21-5-7-22(8-6-21)16-19-4-9-24-16;/h2-4,9-10H,5-8,11H2,1H3,(H2,18,20);1H. The molecular weight excluding hydrogens is 473 g/mol. The van der Waals surface area contributed by atoms with Crippen LogP contribution in [0.2, 0.25) is 5.02 Å².